The van der Waals surface area contributed by atoms with Crippen molar-refractivity contribution in [3.05, 3.63) is 96.6 Å². The third kappa shape index (κ3) is 5.24. The number of hydrogen-bond donors (Lipinski definition) is 2. The van der Waals surface area contributed by atoms with E-state index < -0.39 is 5.41 Å². The van der Waals surface area contributed by atoms with E-state index in [0.717, 1.165) is 28.5 Å². The quantitative estimate of drug-likeness (QED) is 0.269. The highest BCUT2D eigenvalue weighted by Gasteiger charge is 2.42. The Bertz CT molecular complexity index is 1530. The summed E-state index contributed by atoms with van der Waals surface area (Å²) >= 11 is 5.93. The van der Waals surface area contributed by atoms with E-state index >= 15 is 0 Å². The van der Waals surface area contributed by atoms with E-state index in [1.807, 2.05) is 93.7 Å². The molecule has 9 heteroatoms. The molecule has 1 amide bonds. The lowest BCUT2D eigenvalue weighted by Crippen LogP contribution is -2.30. The van der Waals surface area contributed by atoms with Gasteiger partial charge in [-0.2, -0.15) is 0 Å². The van der Waals surface area contributed by atoms with Gasteiger partial charge < -0.3 is 29.6 Å². The molecule has 0 saturated carbocycles. The molecule has 4 aromatic rings. The molecule has 2 unspecified atom stereocenters. The van der Waals surface area contributed by atoms with Crippen LogP contribution in [0.15, 0.2) is 85.2 Å². The number of benzene rings is 2. The summed E-state index contributed by atoms with van der Waals surface area (Å²) in [6.07, 6.45) is 3.82. The van der Waals surface area contributed by atoms with Crippen LogP contribution in [0.2, 0.25) is 0 Å². The van der Waals surface area contributed by atoms with E-state index in [0.29, 0.717) is 16.5 Å². The Kier molecular flexibility index (Phi) is 7.49. The van der Waals surface area contributed by atoms with E-state index in [2.05, 4.69) is 31.2 Å². The maximum atomic E-state index is 12.7. The number of carbonyl (C=O) groups is 1. The summed E-state index contributed by atoms with van der Waals surface area (Å²) in [5.41, 5.74) is 3.73. The number of rotatable bonds is 7. The average Bonchev–Trinajstić information content (AvgIpc) is 3.57. The van der Waals surface area contributed by atoms with Gasteiger partial charge in [0.15, 0.2) is 5.11 Å². The molecule has 1 aliphatic heterocycles. The molecule has 3 heterocycles. The van der Waals surface area contributed by atoms with Gasteiger partial charge in [0.25, 0.3) is 0 Å². The van der Waals surface area contributed by atoms with Gasteiger partial charge in [-0.3, -0.25) is 9.78 Å². The number of anilines is 2. The number of carbonyl (C=O) groups excluding carboxylic acids is 1. The molecule has 2 aromatic carbocycles. The predicted octanol–water partition coefficient (Wildman–Crippen LogP) is 6.05. The van der Waals surface area contributed by atoms with Crippen molar-refractivity contribution in [2.24, 2.45) is 5.41 Å². The number of aromatic nitrogens is 2. The fraction of sp³-hybridized carbons (Fsp3) is 0.258. The van der Waals surface area contributed by atoms with E-state index in [-0.39, 0.29) is 18.0 Å². The lowest BCUT2D eigenvalue weighted by molar-refractivity contribution is -0.123. The van der Waals surface area contributed by atoms with Crippen LogP contribution in [0.1, 0.15) is 44.2 Å². The number of methoxy groups -OCH3 is 2. The number of nitrogens with one attached hydrogen (secondary N) is 2. The van der Waals surface area contributed by atoms with Crippen molar-refractivity contribution >= 4 is 34.6 Å². The molecule has 1 saturated heterocycles. The van der Waals surface area contributed by atoms with Crippen molar-refractivity contribution in [3.63, 3.8) is 0 Å². The topological polar surface area (TPSA) is 80.7 Å². The molecule has 2 aromatic heterocycles. The van der Waals surface area contributed by atoms with Gasteiger partial charge in [-0.15, -0.1) is 0 Å². The zero-order valence-electron chi connectivity index (χ0n) is 23.2. The summed E-state index contributed by atoms with van der Waals surface area (Å²) in [7, 11) is 3.25. The molecule has 0 radical (unpaired) electrons. The highest BCUT2D eigenvalue weighted by Crippen LogP contribution is 2.44. The lowest BCUT2D eigenvalue weighted by Gasteiger charge is -2.29. The van der Waals surface area contributed by atoms with Crippen LogP contribution in [-0.4, -0.2) is 34.8 Å². The molecule has 0 aliphatic carbocycles. The van der Waals surface area contributed by atoms with Crippen LogP contribution < -0.4 is 25.0 Å². The first-order valence-electron chi connectivity index (χ1n) is 13.0. The van der Waals surface area contributed by atoms with Crippen LogP contribution >= 0.6 is 12.2 Å². The smallest absolute Gasteiger partial charge is 0.229 e. The van der Waals surface area contributed by atoms with Gasteiger partial charge in [-0.1, -0.05) is 32.9 Å². The molecule has 0 bridgehead atoms. The first-order valence-corrected chi connectivity index (χ1v) is 13.4. The van der Waals surface area contributed by atoms with Crippen molar-refractivity contribution in [2.45, 2.75) is 32.9 Å². The van der Waals surface area contributed by atoms with Crippen molar-refractivity contribution in [3.8, 4) is 17.2 Å². The first-order chi connectivity index (χ1) is 19.2. The molecule has 206 valence electrons. The van der Waals surface area contributed by atoms with Crippen molar-refractivity contribution in [1.29, 1.82) is 0 Å². The standard InChI is InChI=1S/C31H33N5O3S/c1-31(2,3)29(37)33-23-15-14-21(19-26(23)39-5)36-28(27(34-30(36)40)24-12-6-7-16-32-24)25-13-9-17-35(25)20-10-8-11-22(18-20)38-4/h6-19,27-28H,1-5H3,(H,33,37)(H,34,40). The number of nitrogens with zero attached hydrogens (tertiary/aromatic N) is 3. The Balaban J connectivity index is 1.61. The second kappa shape index (κ2) is 11.0. The van der Waals surface area contributed by atoms with Gasteiger partial charge in [0.05, 0.1) is 31.6 Å². The van der Waals surface area contributed by atoms with Gasteiger partial charge in [0, 0.05) is 47.0 Å². The molecule has 2 atom stereocenters. The van der Waals surface area contributed by atoms with E-state index in [4.69, 9.17) is 21.7 Å². The number of amides is 1. The summed E-state index contributed by atoms with van der Waals surface area (Å²) in [6.45, 7) is 5.62. The third-order valence-corrected chi connectivity index (χ3v) is 7.22. The zero-order chi connectivity index (χ0) is 28.4. The van der Waals surface area contributed by atoms with Crippen LogP contribution in [0.3, 0.4) is 0 Å². The van der Waals surface area contributed by atoms with Gasteiger partial charge >= 0.3 is 0 Å². The van der Waals surface area contributed by atoms with Crippen LogP contribution in [0, 0.1) is 5.41 Å². The summed E-state index contributed by atoms with van der Waals surface area (Å²) < 4.78 is 13.3. The summed E-state index contributed by atoms with van der Waals surface area (Å²) in [6, 6.07) is 23.2. The Labute approximate surface area is 239 Å². The molecule has 1 aliphatic rings. The fourth-order valence-electron chi connectivity index (χ4n) is 4.81. The third-order valence-electron chi connectivity index (χ3n) is 6.91. The Morgan fingerprint density at radius 3 is 2.50 bits per heavy atom. The maximum Gasteiger partial charge on any atom is 0.229 e. The van der Waals surface area contributed by atoms with E-state index in [1.165, 1.54) is 0 Å². The Morgan fingerprint density at radius 1 is 0.975 bits per heavy atom. The van der Waals surface area contributed by atoms with Gasteiger partial charge in [-0.05, 0) is 60.7 Å². The molecular weight excluding hydrogens is 522 g/mol. The molecule has 40 heavy (non-hydrogen) atoms. The number of ether oxygens (including phenoxy) is 2. The lowest BCUT2D eigenvalue weighted by atomic mass is 9.95. The monoisotopic (exact) mass is 555 g/mol. The number of hydrogen-bond acceptors (Lipinski definition) is 5. The maximum absolute atomic E-state index is 12.7. The molecule has 8 nitrogen and oxygen atoms in total. The Hall–Kier alpha value is -4.37. The minimum absolute atomic E-state index is 0.0962. The summed E-state index contributed by atoms with van der Waals surface area (Å²) in [5.74, 6) is 1.22. The van der Waals surface area contributed by atoms with Crippen molar-refractivity contribution in [2.75, 3.05) is 24.4 Å². The van der Waals surface area contributed by atoms with Crippen LogP contribution in [0.25, 0.3) is 5.69 Å². The largest absolute Gasteiger partial charge is 0.497 e. The molecular formula is C31H33N5O3S. The molecule has 2 N–H and O–H groups in total. The highest BCUT2D eigenvalue weighted by atomic mass is 32.1. The van der Waals surface area contributed by atoms with Crippen molar-refractivity contribution in [1.82, 2.24) is 14.9 Å². The summed E-state index contributed by atoms with van der Waals surface area (Å²) in [4.78, 5) is 19.4. The SMILES string of the molecule is COc1cccc(-n2cccc2C2C(c3ccccn3)NC(=S)N2c2ccc(NC(=O)C(C)(C)C)c(OC)c2)c1. The van der Waals surface area contributed by atoms with E-state index in [1.54, 1.807) is 20.4 Å². The summed E-state index contributed by atoms with van der Waals surface area (Å²) in [5, 5.41) is 7.06. The second-order valence-corrected chi connectivity index (χ2v) is 11.0. The van der Waals surface area contributed by atoms with Gasteiger partial charge in [-0.25, -0.2) is 0 Å². The first kappa shape index (κ1) is 27.2. The number of thiocarbonyl (C=S) groups is 1. The molecule has 0 spiro atoms. The zero-order valence-corrected chi connectivity index (χ0v) is 24.0. The van der Waals surface area contributed by atoms with Gasteiger partial charge in [0.1, 0.15) is 17.5 Å². The minimum Gasteiger partial charge on any atom is -0.497 e. The second-order valence-electron chi connectivity index (χ2n) is 10.6. The molecule has 1 fully saturated rings. The highest BCUT2D eigenvalue weighted by molar-refractivity contribution is 7.80. The fourth-order valence-corrected chi connectivity index (χ4v) is 5.15. The average molecular weight is 556 g/mol. The molecule has 5 rings (SSSR count). The van der Waals surface area contributed by atoms with E-state index in [9.17, 15) is 4.79 Å². The van der Waals surface area contributed by atoms with Crippen LogP contribution in [-0.2, 0) is 4.79 Å². The minimum atomic E-state index is -0.545. The normalized spacial score (nSPS) is 16.9. The number of pyridine rings is 1. The van der Waals surface area contributed by atoms with Crippen LogP contribution in [0.5, 0.6) is 11.5 Å². The predicted molar refractivity (Wildman–Crippen MR) is 161 cm³/mol. The van der Waals surface area contributed by atoms with Crippen LogP contribution in [0.4, 0.5) is 11.4 Å². The Morgan fingerprint density at radius 2 is 1.80 bits per heavy atom. The van der Waals surface area contributed by atoms with Gasteiger partial charge in [0.2, 0.25) is 5.91 Å². The van der Waals surface area contributed by atoms with Crippen molar-refractivity contribution < 1.29 is 14.3 Å².